The van der Waals surface area contributed by atoms with E-state index in [0.717, 1.165) is 10.9 Å². The van der Waals surface area contributed by atoms with Crippen LogP contribution in [0.1, 0.15) is 25.0 Å². The molecule has 0 bridgehead atoms. The van der Waals surface area contributed by atoms with E-state index in [-0.39, 0.29) is 12.5 Å². The van der Waals surface area contributed by atoms with Crippen molar-refractivity contribution in [2.75, 3.05) is 0 Å². The number of pyridine rings is 2. The summed E-state index contributed by atoms with van der Waals surface area (Å²) >= 11 is 0. The van der Waals surface area contributed by atoms with Gasteiger partial charge >= 0.3 is 0 Å². The number of aromatic nitrogens is 5. The molecule has 4 aromatic rings. The Morgan fingerprint density at radius 3 is 2.84 bits per heavy atom. The van der Waals surface area contributed by atoms with Gasteiger partial charge in [0.15, 0.2) is 5.76 Å². The molecule has 1 aliphatic carbocycles. The van der Waals surface area contributed by atoms with Gasteiger partial charge in [-0.2, -0.15) is 15.6 Å². The number of aliphatic hydroxyl groups excluding tert-OH is 1. The third-order valence-corrected chi connectivity index (χ3v) is 5.73. The maximum absolute atomic E-state index is 9.31. The number of fused-ring (bicyclic) bond motifs is 1. The molecule has 0 spiro atoms. The van der Waals surface area contributed by atoms with Crippen molar-refractivity contribution in [2.45, 2.75) is 31.4 Å². The zero-order valence-corrected chi connectivity index (χ0v) is 16.4. The van der Waals surface area contributed by atoms with Gasteiger partial charge in [-0.05, 0) is 37.1 Å². The molecule has 1 saturated carbocycles. The van der Waals surface area contributed by atoms with Crippen molar-refractivity contribution in [2.24, 2.45) is 5.92 Å². The van der Waals surface area contributed by atoms with Crippen LogP contribution in [0.3, 0.4) is 0 Å². The van der Waals surface area contributed by atoms with Crippen LogP contribution in [0.4, 0.5) is 0 Å². The molecule has 1 aliphatic rings. The van der Waals surface area contributed by atoms with E-state index in [2.05, 4.69) is 22.3 Å². The zero-order chi connectivity index (χ0) is 21.4. The predicted molar refractivity (Wildman–Crippen MR) is 109 cm³/mol. The molecule has 9 heteroatoms. The Kier molecular flexibility index (Phi) is 4.46. The minimum atomic E-state index is -0.458. The summed E-state index contributed by atoms with van der Waals surface area (Å²) in [5, 5.41) is 37.2. The lowest BCUT2D eigenvalue weighted by Crippen LogP contribution is -2.46. The quantitative estimate of drug-likeness (QED) is 0.528. The van der Waals surface area contributed by atoms with Crippen molar-refractivity contribution in [1.29, 1.82) is 10.5 Å². The monoisotopic (exact) mass is 411 g/mol. The van der Waals surface area contributed by atoms with Crippen LogP contribution in [0.25, 0.3) is 33.7 Å². The average Bonchev–Trinajstić information content (AvgIpc) is 3.45. The SMILES string of the molecule is N#CCC1(n2ccc(-c3nc(-c4cc(CO)no4)cc4ncccc34)n2)CC(C#N)C1. The lowest BCUT2D eigenvalue weighted by Gasteiger charge is -2.43. The molecule has 152 valence electrons. The molecular weight excluding hydrogens is 394 g/mol. The molecule has 4 aromatic heterocycles. The first-order valence-corrected chi connectivity index (χ1v) is 9.81. The Balaban J connectivity index is 1.61. The molecule has 5 rings (SSSR count). The van der Waals surface area contributed by atoms with Gasteiger partial charge in [-0.25, -0.2) is 4.98 Å². The summed E-state index contributed by atoms with van der Waals surface area (Å²) in [6.45, 7) is -0.225. The standard InChI is InChI=1S/C22H17N7O2/c23-5-4-22(10-14(11-22)12-24)29-7-3-17(27-29)21-16-2-1-6-25-18(16)9-19(26-21)20-8-15(13-30)28-31-20/h1-3,6-9,14,30H,4,10-11,13H2. The van der Waals surface area contributed by atoms with Crippen LogP contribution in [0, 0.1) is 28.6 Å². The van der Waals surface area contributed by atoms with Crippen LogP contribution in [-0.4, -0.2) is 30.0 Å². The van der Waals surface area contributed by atoms with Gasteiger partial charge in [0.1, 0.15) is 22.8 Å². The first-order valence-electron chi connectivity index (χ1n) is 9.81. The molecule has 0 radical (unpaired) electrons. The highest BCUT2D eigenvalue weighted by Gasteiger charge is 2.46. The van der Waals surface area contributed by atoms with E-state index in [1.165, 1.54) is 0 Å². The lowest BCUT2D eigenvalue weighted by atomic mass is 9.67. The van der Waals surface area contributed by atoms with E-state index in [1.54, 1.807) is 23.0 Å². The molecule has 9 nitrogen and oxygen atoms in total. The Labute approximate surface area is 177 Å². The van der Waals surface area contributed by atoms with E-state index in [9.17, 15) is 15.6 Å². The van der Waals surface area contributed by atoms with Crippen molar-refractivity contribution in [3.05, 3.63) is 48.4 Å². The fourth-order valence-corrected chi connectivity index (χ4v) is 4.13. The van der Waals surface area contributed by atoms with Gasteiger partial charge in [0, 0.05) is 23.8 Å². The van der Waals surface area contributed by atoms with Crippen molar-refractivity contribution in [3.8, 4) is 35.0 Å². The number of nitriles is 2. The van der Waals surface area contributed by atoms with E-state index < -0.39 is 5.54 Å². The van der Waals surface area contributed by atoms with Gasteiger partial charge in [-0.3, -0.25) is 9.67 Å². The van der Waals surface area contributed by atoms with Crippen LogP contribution >= 0.6 is 0 Å². The minimum absolute atomic E-state index is 0.0559. The van der Waals surface area contributed by atoms with Gasteiger partial charge in [-0.1, -0.05) is 5.16 Å². The summed E-state index contributed by atoms with van der Waals surface area (Å²) in [6.07, 6.45) is 5.05. The Morgan fingerprint density at radius 1 is 1.23 bits per heavy atom. The van der Waals surface area contributed by atoms with E-state index in [0.29, 0.717) is 47.8 Å². The molecule has 0 atom stereocenters. The van der Waals surface area contributed by atoms with E-state index in [4.69, 9.17) is 14.6 Å². The highest BCUT2D eigenvalue weighted by Crippen LogP contribution is 2.46. The molecule has 4 heterocycles. The molecule has 0 aliphatic heterocycles. The number of aliphatic hydroxyl groups is 1. The van der Waals surface area contributed by atoms with Crippen LogP contribution in [-0.2, 0) is 12.1 Å². The molecule has 0 aromatic carbocycles. The third kappa shape index (κ3) is 3.12. The summed E-state index contributed by atoms with van der Waals surface area (Å²) in [7, 11) is 0. The molecule has 31 heavy (non-hydrogen) atoms. The predicted octanol–water partition coefficient (Wildman–Crippen LogP) is 3.18. The molecule has 1 N–H and O–H groups in total. The van der Waals surface area contributed by atoms with Crippen LogP contribution in [0.2, 0.25) is 0 Å². The maximum atomic E-state index is 9.31. The molecular formula is C22H17N7O2. The summed E-state index contributed by atoms with van der Waals surface area (Å²) < 4.78 is 7.13. The van der Waals surface area contributed by atoms with Crippen molar-refractivity contribution < 1.29 is 9.63 Å². The Bertz CT molecular complexity index is 1350. The van der Waals surface area contributed by atoms with Crippen LogP contribution in [0.5, 0.6) is 0 Å². The summed E-state index contributed by atoms with van der Waals surface area (Å²) in [5.74, 6) is 0.369. The van der Waals surface area contributed by atoms with Gasteiger partial charge < -0.3 is 9.63 Å². The first-order chi connectivity index (χ1) is 15.2. The van der Waals surface area contributed by atoms with Crippen molar-refractivity contribution >= 4 is 10.9 Å². The number of hydrogen-bond acceptors (Lipinski definition) is 8. The first kappa shape index (κ1) is 18.9. The average molecular weight is 411 g/mol. The smallest absolute Gasteiger partial charge is 0.185 e. The molecule has 0 unspecified atom stereocenters. The van der Waals surface area contributed by atoms with Crippen molar-refractivity contribution in [3.63, 3.8) is 0 Å². The summed E-state index contributed by atoms with van der Waals surface area (Å²) in [4.78, 5) is 9.21. The second-order valence-corrected chi connectivity index (χ2v) is 7.71. The van der Waals surface area contributed by atoms with Gasteiger partial charge in [0.05, 0.1) is 42.1 Å². The van der Waals surface area contributed by atoms with Gasteiger partial charge in [-0.15, -0.1) is 0 Å². The number of rotatable bonds is 5. The fourth-order valence-electron chi connectivity index (χ4n) is 4.13. The fraction of sp³-hybridized carbons (Fsp3) is 0.273. The molecule has 0 amide bonds. The molecule has 0 saturated heterocycles. The van der Waals surface area contributed by atoms with Crippen molar-refractivity contribution in [1.82, 2.24) is 24.9 Å². The zero-order valence-electron chi connectivity index (χ0n) is 16.4. The van der Waals surface area contributed by atoms with Crippen LogP contribution < -0.4 is 0 Å². The van der Waals surface area contributed by atoms with E-state index >= 15 is 0 Å². The van der Waals surface area contributed by atoms with E-state index in [1.807, 2.05) is 24.4 Å². The molecule has 1 fully saturated rings. The number of hydrogen-bond donors (Lipinski definition) is 1. The largest absolute Gasteiger partial charge is 0.390 e. The summed E-state index contributed by atoms with van der Waals surface area (Å²) in [6, 6.07) is 13.6. The number of nitrogens with zero attached hydrogens (tertiary/aromatic N) is 7. The minimum Gasteiger partial charge on any atom is -0.390 e. The topological polar surface area (TPSA) is 137 Å². The maximum Gasteiger partial charge on any atom is 0.185 e. The third-order valence-electron chi connectivity index (χ3n) is 5.73. The van der Waals surface area contributed by atoms with Crippen LogP contribution in [0.15, 0.2) is 47.2 Å². The van der Waals surface area contributed by atoms with Gasteiger partial charge in [0.2, 0.25) is 0 Å². The highest BCUT2D eigenvalue weighted by atomic mass is 16.5. The Hall–Kier alpha value is -4.08. The second kappa shape index (κ2) is 7.31. The summed E-state index contributed by atoms with van der Waals surface area (Å²) in [5.41, 5.74) is 2.48. The highest BCUT2D eigenvalue weighted by molar-refractivity contribution is 5.93. The lowest BCUT2D eigenvalue weighted by molar-refractivity contribution is 0.0884. The van der Waals surface area contributed by atoms with Gasteiger partial charge in [0.25, 0.3) is 0 Å². The Morgan fingerprint density at radius 2 is 2.10 bits per heavy atom. The normalized spacial score (nSPS) is 20.2. The second-order valence-electron chi connectivity index (χ2n) is 7.71.